The second-order valence-corrected chi connectivity index (χ2v) is 9.98. The lowest BCUT2D eigenvalue weighted by Crippen LogP contribution is -2.41. The molecule has 0 bridgehead atoms. The zero-order valence-corrected chi connectivity index (χ0v) is 23.2. The number of pyridine rings is 1. The molecule has 0 aliphatic heterocycles. The van der Waals surface area contributed by atoms with Crippen molar-refractivity contribution in [2.45, 2.75) is 25.7 Å². The van der Waals surface area contributed by atoms with Crippen LogP contribution in [-0.2, 0) is 14.4 Å². The molecule has 1 aliphatic rings. The second kappa shape index (κ2) is 12.3. The van der Waals surface area contributed by atoms with E-state index >= 15 is 0 Å². The molecule has 12 heteroatoms. The van der Waals surface area contributed by atoms with Gasteiger partial charge in [0.05, 0.1) is 19.2 Å². The summed E-state index contributed by atoms with van der Waals surface area (Å²) in [6.07, 6.45) is 2.78. The lowest BCUT2D eigenvalue weighted by atomic mass is 10.0. The van der Waals surface area contributed by atoms with Crippen LogP contribution in [0.15, 0.2) is 72.9 Å². The highest BCUT2D eigenvalue weighted by Gasteiger charge is 2.57. The summed E-state index contributed by atoms with van der Waals surface area (Å²) in [7, 11) is 1.50. The molecular weight excluding hydrogens is 559 g/mol. The van der Waals surface area contributed by atoms with Gasteiger partial charge in [-0.3, -0.25) is 29.5 Å². The number of ether oxygens (including phenoxy) is 3. The van der Waals surface area contributed by atoms with Crippen molar-refractivity contribution in [3.05, 3.63) is 78.7 Å². The van der Waals surface area contributed by atoms with Crippen molar-refractivity contribution in [3.8, 4) is 23.0 Å². The van der Waals surface area contributed by atoms with E-state index in [1.54, 1.807) is 54.1 Å². The van der Waals surface area contributed by atoms with E-state index in [1.807, 2.05) is 0 Å². The van der Waals surface area contributed by atoms with Gasteiger partial charge in [0, 0.05) is 35.4 Å². The van der Waals surface area contributed by atoms with Crippen LogP contribution in [0, 0.1) is 11.2 Å². The van der Waals surface area contributed by atoms with Gasteiger partial charge >= 0.3 is 0 Å². The fraction of sp³-hybridized carbons (Fsp3) is 0.226. The molecular formula is C31H29FN4O7. The summed E-state index contributed by atoms with van der Waals surface area (Å²) in [5, 5.41) is 9.27. The van der Waals surface area contributed by atoms with Crippen molar-refractivity contribution in [2.75, 3.05) is 18.6 Å². The van der Waals surface area contributed by atoms with E-state index in [0.717, 1.165) is 0 Å². The molecule has 1 aliphatic carbocycles. The minimum atomic E-state index is -1.28. The summed E-state index contributed by atoms with van der Waals surface area (Å²) in [6.45, 7) is 0.218. The highest BCUT2D eigenvalue weighted by molar-refractivity contribution is 6.16. The predicted molar refractivity (Wildman–Crippen MR) is 154 cm³/mol. The number of nitrogens with two attached hydrogens (primary N) is 1. The Balaban J connectivity index is 1.39. The molecule has 0 unspecified atom stereocenters. The Labute approximate surface area is 245 Å². The average Bonchev–Trinajstić information content (AvgIpc) is 3.83. The summed E-state index contributed by atoms with van der Waals surface area (Å²) >= 11 is 0. The third-order valence-electron chi connectivity index (χ3n) is 7.16. The fourth-order valence-corrected chi connectivity index (χ4v) is 4.63. The van der Waals surface area contributed by atoms with Crippen LogP contribution in [0.5, 0.6) is 23.0 Å². The standard InChI is InChI=1S/C31H29FN4O7/c1-41-26-17-23-24(18-27(26)42-16-2-3-28(37)35-40)34-15-12-25(23)43-22-10-8-21(9-11-22)36(20-6-4-19(32)5-7-20)30(39)31(13-14-31)29(33)38/h4-12,15,17-18,40H,2-3,13-14,16H2,1H3,(H2,33,38)(H,35,37). The van der Waals surface area contributed by atoms with E-state index in [-0.39, 0.29) is 13.0 Å². The van der Waals surface area contributed by atoms with Gasteiger partial charge in [-0.15, -0.1) is 0 Å². The van der Waals surface area contributed by atoms with E-state index < -0.39 is 29.0 Å². The molecule has 0 saturated heterocycles. The summed E-state index contributed by atoms with van der Waals surface area (Å²) < 4.78 is 31.1. The molecule has 1 saturated carbocycles. The first-order valence-corrected chi connectivity index (χ1v) is 13.5. The number of primary amides is 1. The van der Waals surface area contributed by atoms with Crippen molar-refractivity contribution >= 4 is 40.0 Å². The number of nitrogens with zero attached hydrogens (tertiary/aromatic N) is 2. The maximum atomic E-state index is 13.6. The Morgan fingerprint density at radius 2 is 1.67 bits per heavy atom. The van der Waals surface area contributed by atoms with E-state index in [9.17, 15) is 18.8 Å². The fourth-order valence-electron chi connectivity index (χ4n) is 4.63. The first-order valence-electron chi connectivity index (χ1n) is 13.5. The lowest BCUT2D eigenvalue weighted by Gasteiger charge is -2.26. The largest absolute Gasteiger partial charge is 0.493 e. The van der Waals surface area contributed by atoms with Crippen LogP contribution in [0.3, 0.4) is 0 Å². The molecule has 4 N–H and O–H groups in total. The van der Waals surface area contributed by atoms with Crippen LogP contribution in [-0.4, -0.2) is 41.6 Å². The minimum absolute atomic E-state index is 0.100. The maximum absolute atomic E-state index is 13.6. The Morgan fingerprint density at radius 1 is 1.00 bits per heavy atom. The Kier molecular flexibility index (Phi) is 8.39. The molecule has 4 aromatic rings. The highest BCUT2D eigenvalue weighted by Crippen LogP contribution is 2.49. The molecule has 1 heterocycles. The Bertz CT molecular complexity index is 1660. The topological polar surface area (TPSA) is 153 Å². The quantitative estimate of drug-likeness (QED) is 0.0926. The van der Waals surface area contributed by atoms with E-state index in [2.05, 4.69) is 4.98 Å². The number of carbonyl (C=O) groups is 3. The number of hydrogen-bond donors (Lipinski definition) is 3. The Hall–Kier alpha value is -5.23. The van der Waals surface area contributed by atoms with Gasteiger partial charge in [0.25, 0.3) is 0 Å². The number of halogens is 1. The van der Waals surface area contributed by atoms with Gasteiger partial charge in [-0.05, 0) is 79.9 Å². The predicted octanol–water partition coefficient (Wildman–Crippen LogP) is 4.77. The average molecular weight is 589 g/mol. The molecule has 5 rings (SSSR count). The van der Waals surface area contributed by atoms with Gasteiger partial charge in [0.2, 0.25) is 17.7 Å². The van der Waals surface area contributed by atoms with Crippen molar-refractivity contribution in [3.63, 3.8) is 0 Å². The van der Waals surface area contributed by atoms with Crippen molar-refractivity contribution < 1.29 is 38.2 Å². The Morgan fingerprint density at radius 3 is 2.28 bits per heavy atom. The van der Waals surface area contributed by atoms with E-state index in [1.165, 1.54) is 36.3 Å². The van der Waals surface area contributed by atoms with Gasteiger partial charge < -0.3 is 19.9 Å². The van der Waals surface area contributed by atoms with Crippen LogP contribution in [0.2, 0.25) is 0 Å². The molecule has 3 aromatic carbocycles. The van der Waals surface area contributed by atoms with Crippen LogP contribution < -0.4 is 30.3 Å². The van der Waals surface area contributed by atoms with Crippen LogP contribution in [0.4, 0.5) is 15.8 Å². The van der Waals surface area contributed by atoms with Crippen molar-refractivity contribution in [1.82, 2.24) is 10.5 Å². The molecule has 222 valence electrons. The number of carbonyl (C=O) groups excluding carboxylic acids is 3. The first-order chi connectivity index (χ1) is 20.8. The molecule has 3 amide bonds. The third kappa shape index (κ3) is 6.19. The normalized spacial score (nSPS) is 13.2. The monoisotopic (exact) mass is 588 g/mol. The number of amides is 3. The lowest BCUT2D eigenvalue weighted by molar-refractivity contribution is -0.133. The second-order valence-electron chi connectivity index (χ2n) is 9.98. The van der Waals surface area contributed by atoms with Crippen molar-refractivity contribution in [2.24, 2.45) is 11.1 Å². The van der Waals surface area contributed by atoms with E-state index in [4.69, 9.17) is 25.2 Å². The van der Waals surface area contributed by atoms with Gasteiger partial charge in [0.15, 0.2) is 11.5 Å². The summed E-state index contributed by atoms with van der Waals surface area (Å²) in [5.74, 6) is -0.303. The van der Waals surface area contributed by atoms with Gasteiger partial charge in [-0.2, -0.15) is 0 Å². The first kappa shape index (κ1) is 29.3. The number of methoxy groups -OCH3 is 1. The number of hydrogen-bond acceptors (Lipinski definition) is 8. The van der Waals surface area contributed by atoms with Gasteiger partial charge in [0.1, 0.15) is 22.7 Å². The molecule has 0 spiro atoms. The zero-order chi connectivity index (χ0) is 30.6. The summed E-state index contributed by atoms with van der Waals surface area (Å²) in [6, 6.07) is 17.2. The number of hydroxylamine groups is 1. The number of rotatable bonds is 12. The van der Waals surface area contributed by atoms with Crippen LogP contribution >= 0.6 is 0 Å². The van der Waals surface area contributed by atoms with E-state index in [0.29, 0.717) is 64.5 Å². The third-order valence-corrected chi connectivity index (χ3v) is 7.16. The maximum Gasteiger partial charge on any atom is 0.247 e. The molecule has 0 atom stereocenters. The molecule has 1 fully saturated rings. The molecule has 11 nitrogen and oxygen atoms in total. The molecule has 1 aromatic heterocycles. The van der Waals surface area contributed by atoms with Gasteiger partial charge in [-0.25, -0.2) is 9.87 Å². The smallest absolute Gasteiger partial charge is 0.247 e. The number of nitrogens with one attached hydrogen (secondary N) is 1. The number of benzene rings is 3. The van der Waals surface area contributed by atoms with Crippen LogP contribution in [0.25, 0.3) is 10.9 Å². The molecule has 43 heavy (non-hydrogen) atoms. The highest BCUT2D eigenvalue weighted by atomic mass is 19.1. The van der Waals surface area contributed by atoms with Gasteiger partial charge in [-0.1, -0.05) is 0 Å². The summed E-state index contributed by atoms with van der Waals surface area (Å²) in [4.78, 5) is 42.7. The summed E-state index contributed by atoms with van der Waals surface area (Å²) in [5.41, 5.74) is 7.30. The number of aromatic nitrogens is 1. The number of anilines is 2. The molecule has 0 radical (unpaired) electrons. The SMILES string of the molecule is COc1cc2c(Oc3ccc(N(C(=O)C4(C(N)=O)CC4)c4ccc(F)cc4)cc3)ccnc2cc1OCCCC(=O)NO. The van der Waals surface area contributed by atoms with Crippen LogP contribution in [0.1, 0.15) is 25.7 Å². The van der Waals surface area contributed by atoms with Crippen molar-refractivity contribution in [1.29, 1.82) is 0 Å². The zero-order valence-electron chi connectivity index (χ0n) is 23.2. The minimum Gasteiger partial charge on any atom is -0.493 e. The number of fused-ring (bicyclic) bond motifs is 1.